The minimum absolute atomic E-state index is 0.236. The van der Waals surface area contributed by atoms with Crippen LogP contribution in [0.1, 0.15) is 22.6 Å². The van der Waals surface area contributed by atoms with Gasteiger partial charge in [-0.3, -0.25) is 4.79 Å². The van der Waals surface area contributed by atoms with E-state index in [0.717, 1.165) is 16.7 Å². The Balaban J connectivity index is 2.53. The number of carbonyl (C=O) groups is 1. The Bertz CT molecular complexity index is 552. The number of halogens is 1. The van der Waals surface area contributed by atoms with Crippen LogP contribution in [0.2, 0.25) is 0 Å². The van der Waals surface area contributed by atoms with Crippen molar-refractivity contribution in [2.45, 2.75) is 11.2 Å². The summed E-state index contributed by atoms with van der Waals surface area (Å²) in [5, 5.41) is 0.712. The van der Waals surface area contributed by atoms with Crippen LogP contribution in [0.5, 0.6) is 0 Å². The second-order valence-electron chi connectivity index (χ2n) is 4.20. The first-order chi connectivity index (χ1) is 9.27. The topological polar surface area (TPSA) is 26.3 Å². The highest BCUT2D eigenvalue weighted by Gasteiger charge is 2.25. The number of hydrogen-bond acceptors (Lipinski definition) is 2. The van der Waals surface area contributed by atoms with Gasteiger partial charge in [-0.05, 0) is 16.7 Å². The van der Waals surface area contributed by atoms with Gasteiger partial charge in [-0.1, -0.05) is 70.5 Å². The third-order valence-electron chi connectivity index (χ3n) is 3.08. The number of esters is 1. The van der Waals surface area contributed by atoms with Crippen LogP contribution in [0.15, 0.2) is 54.6 Å². The second-order valence-corrected chi connectivity index (χ2v) is 4.76. The van der Waals surface area contributed by atoms with Gasteiger partial charge < -0.3 is 4.74 Å². The molecule has 0 aliphatic heterocycles. The van der Waals surface area contributed by atoms with Gasteiger partial charge in [0.2, 0.25) is 0 Å². The normalized spacial score (nSPS) is 11.9. The third-order valence-corrected chi connectivity index (χ3v) is 3.68. The zero-order chi connectivity index (χ0) is 13.7. The predicted molar refractivity (Wildman–Crippen MR) is 79.4 cm³/mol. The molecule has 3 heteroatoms. The molecule has 1 unspecified atom stereocenters. The van der Waals surface area contributed by atoms with E-state index in [9.17, 15) is 4.79 Å². The Morgan fingerprint density at radius 3 is 2.37 bits per heavy atom. The summed E-state index contributed by atoms with van der Waals surface area (Å²) in [6, 6.07) is 17.6. The van der Waals surface area contributed by atoms with E-state index in [1.807, 2.05) is 54.6 Å². The molecule has 0 amide bonds. The molecule has 2 aromatic carbocycles. The molecule has 0 aromatic heterocycles. The average Bonchev–Trinajstić information content (AvgIpc) is 2.49. The lowest BCUT2D eigenvalue weighted by Gasteiger charge is -2.18. The average molecular weight is 319 g/mol. The lowest BCUT2D eigenvalue weighted by atomic mass is 9.88. The highest BCUT2D eigenvalue weighted by atomic mass is 79.9. The first-order valence-electron chi connectivity index (χ1n) is 6.04. The fourth-order valence-electron chi connectivity index (χ4n) is 2.14. The van der Waals surface area contributed by atoms with Crippen molar-refractivity contribution in [2.75, 3.05) is 7.11 Å². The first-order valence-corrected chi connectivity index (χ1v) is 7.16. The van der Waals surface area contributed by atoms with E-state index in [0.29, 0.717) is 5.33 Å². The van der Waals surface area contributed by atoms with Gasteiger partial charge >= 0.3 is 5.97 Å². The molecule has 98 valence electrons. The van der Waals surface area contributed by atoms with Gasteiger partial charge in [0.1, 0.15) is 5.92 Å². The van der Waals surface area contributed by atoms with Gasteiger partial charge in [-0.2, -0.15) is 0 Å². The van der Waals surface area contributed by atoms with Crippen LogP contribution in [-0.4, -0.2) is 13.1 Å². The highest BCUT2D eigenvalue weighted by Crippen LogP contribution is 2.29. The molecule has 0 bridgehead atoms. The summed E-state index contributed by atoms with van der Waals surface area (Å²) in [5.41, 5.74) is 3.03. The second kappa shape index (κ2) is 6.53. The molecule has 0 saturated carbocycles. The summed E-state index contributed by atoms with van der Waals surface area (Å²) in [6.45, 7) is 0. The largest absolute Gasteiger partial charge is 0.468 e. The van der Waals surface area contributed by atoms with E-state index in [-0.39, 0.29) is 11.9 Å². The minimum Gasteiger partial charge on any atom is -0.468 e. The molecule has 2 nitrogen and oxygen atoms in total. The van der Waals surface area contributed by atoms with Gasteiger partial charge in [0.05, 0.1) is 7.11 Å². The van der Waals surface area contributed by atoms with Gasteiger partial charge in [-0.15, -0.1) is 0 Å². The molecule has 1 atom stereocenters. The lowest BCUT2D eigenvalue weighted by molar-refractivity contribution is -0.141. The van der Waals surface area contributed by atoms with Crippen LogP contribution in [0, 0.1) is 0 Å². The van der Waals surface area contributed by atoms with Crippen molar-refractivity contribution in [3.63, 3.8) is 0 Å². The van der Waals surface area contributed by atoms with E-state index in [4.69, 9.17) is 4.74 Å². The monoisotopic (exact) mass is 318 g/mol. The van der Waals surface area contributed by atoms with Gasteiger partial charge in [-0.25, -0.2) is 0 Å². The Morgan fingerprint density at radius 2 is 1.74 bits per heavy atom. The molecule has 0 N–H and O–H groups in total. The maximum atomic E-state index is 12.1. The van der Waals surface area contributed by atoms with Gasteiger partial charge in [0, 0.05) is 5.33 Å². The third kappa shape index (κ3) is 3.04. The summed E-state index contributed by atoms with van der Waals surface area (Å²) in [5.74, 6) is -0.612. The van der Waals surface area contributed by atoms with Crippen molar-refractivity contribution in [1.29, 1.82) is 0 Å². The standard InChI is InChI=1S/C16H15BrO2/c1-19-16(18)15(12-7-3-2-4-8-12)14-10-6-5-9-13(14)11-17/h2-10,15H,11H2,1H3. The zero-order valence-electron chi connectivity index (χ0n) is 10.7. The molecule has 2 rings (SSSR count). The van der Waals surface area contributed by atoms with Crippen LogP contribution in [0.4, 0.5) is 0 Å². The molecule has 0 saturated heterocycles. The van der Waals surface area contributed by atoms with Crippen molar-refractivity contribution < 1.29 is 9.53 Å². The molecule has 0 aliphatic rings. The Kier molecular flexibility index (Phi) is 4.74. The number of benzene rings is 2. The fraction of sp³-hybridized carbons (Fsp3) is 0.188. The molecular weight excluding hydrogens is 304 g/mol. The maximum absolute atomic E-state index is 12.1. The van der Waals surface area contributed by atoms with Crippen molar-refractivity contribution >= 4 is 21.9 Å². The molecule has 2 aromatic rings. The van der Waals surface area contributed by atoms with Crippen molar-refractivity contribution in [3.05, 3.63) is 71.3 Å². The van der Waals surface area contributed by atoms with Crippen LogP contribution in [-0.2, 0) is 14.9 Å². The first kappa shape index (κ1) is 13.8. The molecule has 0 fully saturated rings. The number of ether oxygens (including phenoxy) is 1. The van der Waals surface area contributed by atoms with Crippen molar-refractivity contribution in [1.82, 2.24) is 0 Å². The molecule has 0 spiro atoms. The fourth-order valence-corrected chi connectivity index (χ4v) is 2.65. The van der Waals surface area contributed by atoms with E-state index >= 15 is 0 Å². The highest BCUT2D eigenvalue weighted by molar-refractivity contribution is 9.08. The Labute approximate surface area is 121 Å². The number of carbonyl (C=O) groups excluding carboxylic acids is 1. The zero-order valence-corrected chi connectivity index (χ0v) is 12.3. The molecular formula is C16H15BrO2. The number of methoxy groups -OCH3 is 1. The van der Waals surface area contributed by atoms with Crippen LogP contribution < -0.4 is 0 Å². The summed E-state index contributed by atoms with van der Waals surface area (Å²) in [6.07, 6.45) is 0. The van der Waals surface area contributed by atoms with Crippen molar-refractivity contribution in [3.8, 4) is 0 Å². The number of hydrogen-bond donors (Lipinski definition) is 0. The Morgan fingerprint density at radius 1 is 1.11 bits per heavy atom. The molecule has 19 heavy (non-hydrogen) atoms. The summed E-state index contributed by atoms with van der Waals surface area (Å²) >= 11 is 3.47. The number of alkyl halides is 1. The maximum Gasteiger partial charge on any atom is 0.317 e. The van der Waals surface area contributed by atoms with Gasteiger partial charge in [0.15, 0.2) is 0 Å². The van der Waals surface area contributed by atoms with E-state index in [1.54, 1.807) is 0 Å². The SMILES string of the molecule is COC(=O)C(c1ccccc1)c1ccccc1CBr. The van der Waals surface area contributed by atoms with E-state index in [1.165, 1.54) is 7.11 Å². The summed E-state index contributed by atoms with van der Waals surface area (Å²) < 4.78 is 4.97. The molecule has 0 radical (unpaired) electrons. The Hall–Kier alpha value is -1.61. The molecule has 0 heterocycles. The quantitative estimate of drug-likeness (QED) is 0.631. The minimum atomic E-state index is -0.375. The number of rotatable bonds is 4. The predicted octanol–water partition coefficient (Wildman–Crippen LogP) is 3.89. The van der Waals surface area contributed by atoms with E-state index < -0.39 is 0 Å². The van der Waals surface area contributed by atoms with Crippen LogP contribution in [0.25, 0.3) is 0 Å². The van der Waals surface area contributed by atoms with Crippen molar-refractivity contribution in [2.24, 2.45) is 0 Å². The van der Waals surface area contributed by atoms with Crippen LogP contribution in [0.3, 0.4) is 0 Å². The summed E-state index contributed by atoms with van der Waals surface area (Å²) in [7, 11) is 1.43. The smallest absolute Gasteiger partial charge is 0.317 e. The molecule has 0 aliphatic carbocycles. The van der Waals surface area contributed by atoms with Crippen LogP contribution >= 0.6 is 15.9 Å². The lowest BCUT2D eigenvalue weighted by Crippen LogP contribution is -2.17. The van der Waals surface area contributed by atoms with Gasteiger partial charge in [0.25, 0.3) is 0 Å². The van der Waals surface area contributed by atoms with E-state index in [2.05, 4.69) is 15.9 Å². The summed E-state index contributed by atoms with van der Waals surface area (Å²) in [4.78, 5) is 12.1.